The van der Waals surface area contributed by atoms with E-state index < -0.39 is 10.0 Å². The molecule has 160 valence electrons. The number of nitrogens with zero attached hydrogens (tertiary/aromatic N) is 2. The van der Waals surface area contributed by atoms with Crippen molar-refractivity contribution in [2.45, 2.75) is 32.2 Å². The lowest BCUT2D eigenvalue weighted by Gasteiger charge is -2.15. The first-order chi connectivity index (χ1) is 14.7. The molecule has 1 aromatic heterocycles. The van der Waals surface area contributed by atoms with Gasteiger partial charge in [-0.1, -0.05) is 53.0 Å². The second-order valence-corrected chi connectivity index (χ2v) is 10.1. The van der Waals surface area contributed by atoms with E-state index in [0.717, 1.165) is 22.2 Å². The average molecular weight is 474 g/mol. The summed E-state index contributed by atoms with van der Waals surface area (Å²) in [6.07, 6.45) is 1.73. The van der Waals surface area contributed by atoms with Crippen molar-refractivity contribution in [1.29, 1.82) is 0 Å². The van der Waals surface area contributed by atoms with Crippen LogP contribution in [0.15, 0.2) is 59.8 Å². The minimum Gasteiger partial charge on any atom is -0.326 e. The predicted octanol–water partition coefficient (Wildman–Crippen LogP) is 6.12. The van der Waals surface area contributed by atoms with Gasteiger partial charge in [0.2, 0.25) is 0 Å². The minimum atomic E-state index is -3.97. The van der Waals surface area contributed by atoms with Crippen LogP contribution in [0, 0.1) is 20.8 Å². The maximum atomic E-state index is 13.1. The number of aryl methyl sites for hydroxylation is 2. The number of nitrogens with one attached hydrogen (secondary N) is 1. The fourth-order valence-electron chi connectivity index (χ4n) is 3.55. The van der Waals surface area contributed by atoms with Crippen LogP contribution in [0.4, 0.5) is 5.69 Å². The summed E-state index contributed by atoms with van der Waals surface area (Å²) in [7, 11) is -3.97. The van der Waals surface area contributed by atoms with Crippen molar-refractivity contribution >= 4 is 49.9 Å². The van der Waals surface area contributed by atoms with Gasteiger partial charge in [0, 0.05) is 11.6 Å². The summed E-state index contributed by atoms with van der Waals surface area (Å²) < 4.78 is 31.0. The summed E-state index contributed by atoms with van der Waals surface area (Å²) in [6, 6.07) is 14.6. The Labute approximate surface area is 191 Å². The van der Waals surface area contributed by atoms with E-state index in [0.29, 0.717) is 22.8 Å². The van der Waals surface area contributed by atoms with Crippen LogP contribution in [-0.4, -0.2) is 18.0 Å². The third-order valence-electron chi connectivity index (χ3n) is 5.29. The highest BCUT2D eigenvalue weighted by Gasteiger charge is 2.22. The zero-order valence-corrected chi connectivity index (χ0v) is 19.6. The normalized spacial score (nSPS) is 11.8. The minimum absolute atomic E-state index is 0.0742. The van der Waals surface area contributed by atoms with E-state index in [4.69, 9.17) is 23.2 Å². The molecule has 4 rings (SSSR count). The largest absolute Gasteiger partial charge is 0.326 e. The number of rotatable bonds is 5. The van der Waals surface area contributed by atoms with Crippen molar-refractivity contribution in [3.63, 3.8) is 0 Å². The molecule has 0 spiro atoms. The van der Waals surface area contributed by atoms with E-state index >= 15 is 0 Å². The number of benzene rings is 3. The molecule has 1 N–H and O–H groups in total. The number of sulfonamides is 1. The SMILES string of the molecule is Cc1cccc(Cn2cnc3c(NS(=O)(=O)c4cc(Cl)ccc4Cl)c(C)c(C)cc32)c1. The van der Waals surface area contributed by atoms with Crippen molar-refractivity contribution in [3.8, 4) is 0 Å². The maximum Gasteiger partial charge on any atom is 0.263 e. The molecule has 1 heterocycles. The number of halogens is 2. The third-order valence-corrected chi connectivity index (χ3v) is 7.36. The Morgan fingerprint density at radius 3 is 2.55 bits per heavy atom. The van der Waals surface area contributed by atoms with Crippen LogP contribution in [0.3, 0.4) is 0 Å². The Hall–Kier alpha value is -2.54. The molecule has 0 aliphatic rings. The van der Waals surface area contributed by atoms with Crippen LogP contribution in [-0.2, 0) is 16.6 Å². The van der Waals surface area contributed by atoms with Gasteiger partial charge in [-0.05, 0) is 61.7 Å². The molecule has 5 nitrogen and oxygen atoms in total. The van der Waals surface area contributed by atoms with E-state index in [1.165, 1.54) is 17.7 Å². The Balaban J connectivity index is 1.80. The van der Waals surface area contributed by atoms with Gasteiger partial charge < -0.3 is 4.57 Å². The van der Waals surface area contributed by atoms with Gasteiger partial charge in [-0.3, -0.25) is 4.72 Å². The van der Waals surface area contributed by atoms with E-state index in [1.54, 1.807) is 12.4 Å². The molecule has 0 amide bonds. The molecular weight excluding hydrogens is 453 g/mol. The molecule has 0 aliphatic carbocycles. The van der Waals surface area contributed by atoms with Gasteiger partial charge in [0.1, 0.15) is 10.4 Å². The summed E-state index contributed by atoms with van der Waals surface area (Å²) >= 11 is 12.1. The van der Waals surface area contributed by atoms with E-state index in [2.05, 4.69) is 34.8 Å². The molecule has 0 saturated carbocycles. The van der Waals surface area contributed by atoms with Crippen molar-refractivity contribution in [3.05, 3.63) is 87.2 Å². The highest BCUT2D eigenvalue weighted by atomic mass is 35.5. The molecule has 0 atom stereocenters. The topological polar surface area (TPSA) is 64.0 Å². The number of anilines is 1. The average Bonchev–Trinajstić information content (AvgIpc) is 3.09. The monoisotopic (exact) mass is 473 g/mol. The van der Waals surface area contributed by atoms with E-state index in [-0.39, 0.29) is 9.92 Å². The number of imidazole rings is 1. The maximum absolute atomic E-state index is 13.1. The van der Waals surface area contributed by atoms with Gasteiger partial charge in [0.05, 0.1) is 22.6 Å². The van der Waals surface area contributed by atoms with Gasteiger partial charge in [0.15, 0.2) is 0 Å². The summed E-state index contributed by atoms with van der Waals surface area (Å²) in [4.78, 5) is 4.46. The van der Waals surface area contributed by atoms with Gasteiger partial charge >= 0.3 is 0 Å². The fraction of sp³-hybridized carbons (Fsp3) is 0.174. The second-order valence-electron chi connectivity index (χ2n) is 7.60. The Bertz CT molecular complexity index is 1410. The number of fused-ring (bicyclic) bond motifs is 1. The lowest BCUT2D eigenvalue weighted by atomic mass is 10.1. The quantitative estimate of drug-likeness (QED) is 0.379. The summed E-state index contributed by atoms with van der Waals surface area (Å²) in [5.74, 6) is 0. The third kappa shape index (κ3) is 4.28. The fourth-order valence-corrected chi connectivity index (χ4v) is 5.45. The molecule has 0 unspecified atom stereocenters. The lowest BCUT2D eigenvalue weighted by Crippen LogP contribution is -2.15. The van der Waals surface area contributed by atoms with Gasteiger partial charge in [0.25, 0.3) is 10.0 Å². The number of aromatic nitrogens is 2. The molecule has 0 aliphatic heterocycles. The Kier molecular flexibility index (Phi) is 5.73. The standard InChI is InChI=1S/C23H21Cl2N3O2S/c1-14-5-4-6-17(9-14)12-28-13-26-23-20(28)10-15(2)16(3)22(23)27-31(29,30)21-11-18(24)7-8-19(21)25/h4-11,13,27H,12H2,1-3H3. The van der Waals surface area contributed by atoms with Gasteiger partial charge in [-0.15, -0.1) is 0 Å². The van der Waals surface area contributed by atoms with Crippen LogP contribution in [0.5, 0.6) is 0 Å². The van der Waals surface area contributed by atoms with Crippen molar-refractivity contribution in [2.24, 2.45) is 0 Å². The smallest absolute Gasteiger partial charge is 0.263 e. The van der Waals surface area contributed by atoms with Crippen molar-refractivity contribution < 1.29 is 8.42 Å². The lowest BCUT2D eigenvalue weighted by molar-refractivity contribution is 0.601. The molecule has 31 heavy (non-hydrogen) atoms. The molecule has 0 radical (unpaired) electrons. The summed E-state index contributed by atoms with van der Waals surface area (Å²) in [5.41, 5.74) is 5.94. The van der Waals surface area contributed by atoms with Crippen LogP contribution in [0.2, 0.25) is 10.0 Å². The Morgan fingerprint density at radius 2 is 1.81 bits per heavy atom. The zero-order chi connectivity index (χ0) is 22.3. The van der Waals surface area contributed by atoms with Crippen LogP contribution in [0.1, 0.15) is 22.3 Å². The molecule has 4 aromatic rings. The van der Waals surface area contributed by atoms with Crippen LogP contribution >= 0.6 is 23.2 Å². The molecule has 0 fully saturated rings. The number of hydrogen-bond donors (Lipinski definition) is 1. The van der Waals surface area contributed by atoms with Gasteiger partial charge in [-0.25, -0.2) is 13.4 Å². The van der Waals surface area contributed by atoms with Crippen molar-refractivity contribution in [2.75, 3.05) is 4.72 Å². The second kappa shape index (κ2) is 8.19. The van der Waals surface area contributed by atoms with Crippen LogP contribution < -0.4 is 4.72 Å². The first-order valence-corrected chi connectivity index (χ1v) is 11.9. The molecule has 0 saturated heterocycles. The highest BCUT2D eigenvalue weighted by Crippen LogP contribution is 2.33. The van der Waals surface area contributed by atoms with Crippen LogP contribution in [0.25, 0.3) is 11.0 Å². The predicted molar refractivity (Wildman–Crippen MR) is 127 cm³/mol. The van der Waals surface area contributed by atoms with E-state index in [9.17, 15) is 8.42 Å². The molecule has 3 aromatic carbocycles. The van der Waals surface area contributed by atoms with Crippen molar-refractivity contribution in [1.82, 2.24) is 9.55 Å². The summed E-state index contributed by atoms with van der Waals surface area (Å²) in [6.45, 7) is 6.50. The molecular formula is C23H21Cl2N3O2S. The van der Waals surface area contributed by atoms with Gasteiger partial charge in [-0.2, -0.15) is 0 Å². The first-order valence-electron chi connectivity index (χ1n) is 9.64. The molecule has 8 heteroatoms. The number of hydrogen-bond acceptors (Lipinski definition) is 3. The van der Waals surface area contributed by atoms with E-state index in [1.807, 2.05) is 30.5 Å². The zero-order valence-electron chi connectivity index (χ0n) is 17.3. The first kappa shape index (κ1) is 21.7. The summed E-state index contributed by atoms with van der Waals surface area (Å²) in [5, 5.41) is 0.391. The Morgan fingerprint density at radius 1 is 1.03 bits per heavy atom. The molecule has 0 bridgehead atoms. The highest BCUT2D eigenvalue weighted by molar-refractivity contribution is 7.92.